The molecule has 0 bridgehead atoms. The molecule has 1 aromatic carbocycles. The van der Waals surface area contributed by atoms with Crippen LogP contribution < -0.4 is 4.90 Å². The highest BCUT2D eigenvalue weighted by atomic mass is 16.5. The standard InChI is InChI=1S/C25H29N5O3/c1-3-32-12-9-23(31)29-10-8-19-22(15-29)27-25(30-11-13-33-16-17(30)2)28-24(19)20-14-26-21-7-5-4-6-18(20)21/h4-7,9,12,14,17,26H,3,8,10-11,13,15-16H2,1-2H3. The van der Waals surface area contributed by atoms with Gasteiger partial charge in [0.2, 0.25) is 11.9 Å². The monoisotopic (exact) mass is 447 g/mol. The number of morpholine rings is 1. The van der Waals surface area contributed by atoms with Crippen molar-refractivity contribution < 1.29 is 14.3 Å². The zero-order valence-corrected chi connectivity index (χ0v) is 19.1. The molecule has 1 N–H and O–H groups in total. The van der Waals surface area contributed by atoms with Crippen LogP contribution in [0.4, 0.5) is 5.95 Å². The molecule has 1 atom stereocenters. The number of amides is 1. The van der Waals surface area contributed by atoms with Gasteiger partial charge in [0.05, 0.1) is 50.1 Å². The number of hydrogen-bond donors (Lipinski definition) is 1. The van der Waals surface area contributed by atoms with Crippen LogP contribution in [0.25, 0.3) is 22.2 Å². The van der Waals surface area contributed by atoms with Crippen molar-refractivity contribution >= 4 is 22.8 Å². The minimum Gasteiger partial charge on any atom is -0.501 e. The van der Waals surface area contributed by atoms with Crippen LogP contribution in [0.1, 0.15) is 25.1 Å². The highest BCUT2D eigenvalue weighted by Crippen LogP contribution is 2.34. The van der Waals surface area contributed by atoms with Gasteiger partial charge in [-0.15, -0.1) is 0 Å². The normalized spacial score (nSPS) is 18.7. The largest absolute Gasteiger partial charge is 0.501 e. The summed E-state index contributed by atoms with van der Waals surface area (Å²) in [6, 6.07) is 8.44. The van der Waals surface area contributed by atoms with Gasteiger partial charge >= 0.3 is 0 Å². The number of rotatable bonds is 5. The lowest BCUT2D eigenvalue weighted by molar-refractivity contribution is -0.127. The van der Waals surface area contributed by atoms with E-state index in [0.29, 0.717) is 45.3 Å². The number of anilines is 1. The van der Waals surface area contributed by atoms with Crippen molar-refractivity contribution in [3.8, 4) is 11.3 Å². The molecule has 33 heavy (non-hydrogen) atoms. The number of para-hydroxylation sites is 1. The van der Waals surface area contributed by atoms with Crippen molar-refractivity contribution in [2.45, 2.75) is 32.9 Å². The van der Waals surface area contributed by atoms with Gasteiger partial charge in [0, 0.05) is 47.4 Å². The lowest BCUT2D eigenvalue weighted by Crippen LogP contribution is -2.45. The van der Waals surface area contributed by atoms with Crippen molar-refractivity contribution in [3.05, 3.63) is 54.1 Å². The summed E-state index contributed by atoms with van der Waals surface area (Å²) in [5, 5.41) is 1.14. The van der Waals surface area contributed by atoms with E-state index in [2.05, 4.69) is 28.9 Å². The topological polar surface area (TPSA) is 83.6 Å². The summed E-state index contributed by atoms with van der Waals surface area (Å²) >= 11 is 0. The Balaban J connectivity index is 1.57. The van der Waals surface area contributed by atoms with E-state index in [-0.39, 0.29) is 11.9 Å². The fourth-order valence-corrected chi connectivity index (χ4v) is 4.56. The van der Waals surface area contributed by atoms with Crippen LogP contribution in [-0.4, -0.2) is 64.7 Å². The lowest BCUT2D eigenvalue weighted by atomic mass is 9.98. The van der Waals surface area contributed by atoms with Crippen LogP contribution in [0.2, 0.25) is 0 Å². The van der Waals surface area contributed by atoms with Gasteiger partial charge in [-0.2, -0.15) is 0 Å². The molecule has 2 aromatic heterocycles. The summed E-state index contributed by atoms with van der Waals surface area (Å²) in [6.45, 7) is 7.67. The van der Waals surface area contributed by atoms with E-state index in [1.165, 1.54) is 12.3 Å². The molecule has 1 unspecified atom stereocenters. The summed E-state index contributed by atoms with van der Waals surface area (Å²) in [6.07, 6.45) is 5.69. The second kappa shape index (κ2) is 9.23. The van der Waals surface area contributed by atoms with E-state index >= 15 is 0 Å². The van der Waals surface area contributed by atoms with E-state index < -0.39 is 0 Å². The summed E-state index contributed by atoms with van der Waals surface area (Å²) in [4.78, 5) is 30.1. The number of aromatic amines is 1. The first-order chi connectivity index (χ1) is 16.2. The van der Waals surface area contributed by atoms with E-state index in [0.717, 1.165) is 40.0 Å². The number of fused-ring (bicyclic) bond motifs is 2. The number of nitrogens with one attached hydrogen (secondary N) is 1. The molecule has 8 nitrogen and oxygen atoms in total. The third kappa shape index (κ3) is 4.18. The summed E-state index contributed by atoms with van der Waals surface area (Å²) in [5.74, 6) is 0.631. The molecule has 5 rings (SSSR count). The molecule has 4 heterocycles. The lowest BCUT2D eigenvalue weighted by Gasteiger charge is -2.35. The molecule has 0 spiro atoms. The highest BCUT2D eigenvalue weighted by Gasteiger charge is 2.29. The maximum atomic E-state index is 12.7. The Morgan fingerprint density at radius 1 is 1.30 bits per heavy atom. The molecule has 3 aromatic rings. The Morgan fingerprint density at radius 2 is 2.18 bits per heavy atom. The van der Waals surface area contributed by atoms with Gasteiger partial charge in [-0.3, -0.25) is 4.79 Å². The van der Waals surface area contributed by atoms with Crippen molar-refractivity contribution in [1.82, 2.24) is 19.9 Å². The van der Waals surface area contributed by atoms with Gasteiger partial charge in [-0.25, -0.2) is 9.97 Å². The Hall–Kier alpha value is -3.39. The Kier molecular flexibility index (Phi) is 6.00. The molecule has 1 amide bonds. The third-order valence-electron chi connectivity index (χ3n) is 6.31. The van der Waals surface area contributed by atoms with Crippen molar-refractivity contribution in [2.75, 3.05) is 37.8 Å². The molecule has 0 saturated carbocycles. The number of carbonyl (C=O) groups is 1. The fraction of sp³-hybridized carbons (Fsp3) is 0.400. The number of benzene rings is 1. The second-order valence-corrected chi connectivity index (χ2v) is 8.43. The first kappa shape index (κ1) is 21.5. The maximum absolute atomic E-state index is 12.7. The summed E-state index contributed by atoms with van der Waals surface area (Å²) in [5.41, 5.74) is 5.12. The third-order valence-corrected chi connectivity index (χ3v) is 6.31. The van der Waals surface area contributed by atoms with Crippen LogP contribution in [-0.2, 0) is 27.2 Å². The molecular formula is C25H29N5O3. The van der Waals surface area contributed by atoms with Crippen LogP contribution in [0, 0.1) is 0 Å². The zero-order chi connectivity index (χ0) is 22.8. The number of ether oxygens (including phenoxy) is 2. The van der Waals surface area contributed by atoms with E-state index in [1.807, 2.05) is 30.2 Å². The average molecular weight is 448 g/mol. The van der Waals surface area contributed by atoms with Crippen molar-refractivity contribution in [3.63, 3.8) is 0 Å². The Morgan fingerprint density at radius 3 is 3.03 bits per heavy atom. The number of nitrogens with zero attached hydrogens (tertiary/aromatic N) is 4. The maximum Gasteiger partial charge on any atom is 0.250 e. The van der Waals surface area contributed by atoms with Crippen LogP contribution in [0.15, 0.2) is 42.8 Å². The van der Waals surface area contributed by atoms with E-state index in [1.54, 1.807) is 0 Å². The molecule has 1 fully saturated rings. The van der Waals surface area contributed by atoms with Gasteiger partial charge < -0.3 is 24.3 Å². The van der Waals surface area contributed by atoms with Crippen molar-refractivity contribution in [2.24, 2.45) is 0 Å². The summed E-state index contributed by atoms with van der Waals surface area (Å²) in [7, 11) is 0. The van der Waals surface area contributed by atoms with Crippen LogP contribution >= 0.6 is 0 Å². The highest BCUT2D eigenvalue weighted by molar-refractivity contribution is 5.95. The quantitative estimate of drug-likeness (QED) is 0.477. The van der Waals surface area contributed by atoms with Gasteiger partial charge in [-0.1, -0.05) is 18.2 Å². The number of hydrogen-bond acceptors (Lipinski definition) is 6. The molecule has 2 aliphatic heterocycles. The SMILES string of the molecule is CCOC=CC(=O)N1CCc2c(nc(N3CCOCC3C)nc2-c2c[nH]c3ccccc23)C1. The van der Waals surface area contributed by atoms with Crippen LogP contribution in [0.3, 0.4) is 0 Å². The smallest absolute Gasteiger partial charge is 0.250 e. The molecule has 2 aliphatic rings. The zero-order valence-electron chi connectivity index (χ0n) is 19.1. The minimum atomic E-state index is -0.0670. The van der Waals surface area contributed by atoms with E-state index in [4.69, 9.17) is 19.4 Å². The predicted molar refractivity (Wildman–Crippen MR) is 127 cm³/mol. The number of carbonyl (C=O) groups excluding carboxylic acids is 1. The minimum absolute atomic E-state index is 0.0670. The molecular weight excluding hydrogens is 418 g/mol. The van der Waals surface area contributed by atoms with Crippen LogP contribution in [0.5, 0.6) is 0 Å². The first-order valence-corrected chi connectivity index (χ1v) is 11.5. The Bertz CT molecular complexity index is 1190. The molecule has 0 radical (unpaired) electrons. The van der Waals surface area contributed by atoms with Gasteiger partial charge in [0.15, 0.2) is 0 Å². The molecule has 1 saturated heterocycles. The summed E-state index contributed by atoms with van der Waals surface area (Å²) < 4.78 is 10.8. The second-order valence-electron chi connectivity index (χ2n) is 8.43. The average Bonchev–Trinajstić information content (AvgIpc) is 3.27. The number of H-pyrrole nitrogens is 1. The molecule has 172 valence electrons. The van der Waals surface area contributed by atoms with Gasteiger partial charge in [0.25, 0.3) is 0 Å². The Labute approximate surface area is 193 Å². The number of aromatic nitrogens is 3. The first-order valence-electron chi connectivity index (χ1n) is 11.5. The molecule has 8 heteroatoms. The van der Waals surface area contributed by atoms with E-state index in [9.17, 15) is 4.79 Å². The van der Waals surface area contributed by atoms with Crippen molar-refractivity contribution in [1.29, 1.82) is 0 Å². The molecule has 0 aliphatic carbocycles. The van der Waals surface area contributed by atoms with Gasteiger partial charge in [0.1, 0.15) is 0 Å². The predicted octanol–water partition coefficient (Wildman–Crippen LogP) is 3.28. The fourth-order valence-electron chi connectivity index (χ4n) is 4.56. The van der Waals surface area contributed by atoms with Gasteiger partial charge in [-0.05, 0) is 26.3 Å².